The Labute approximate surface area is 114 Å². The zero-order valence-electron chi connectivity index (χ0n) is 11.5. The van der Waals surface area contributed by atoms with Crippen molar-refractivity contribution >= 4 is 12.0 Å². The van der Waals surface area contributed by atoms with Crippen LogP contribution in [-0.4, -0.2) is 32.8 Å². The molecule has 0 radical (unpaired) electrons. The van der Waals surface area contributed by atoms with Crippen LogP contribution in [0, 0.1) is 0 Å². The molecule has 0 spiro atoms. The number of ether oxygens (including phenoxy) is 2. The lowest BCUT2D eigenvalue weighted by molar-refractivity contribution is -0.116. The Kier molecular flexibility index (Phi) is 7.35. The van der Waals surface area contributed by atoms with E-state index in [-0.39, 0.29) is 5.91 Å². The van der Waals surface area contributed by atoms with Gasteiger partial charge in [-0.25, -0.2) is 0 Å². The Hall–Kier alpha value is -1.81. The van der Waals surface area contributed by atoms with Crippen LogP contribution in [0.1, 0.15) is 18.9 Å². The van der Waals surface area contributed by atoms with Gasteiger partial charge in [0.1, 0.15) is 5.75 Å². The molecular formula is C15H21NO3. The van der Waals surface area contributed by atoms with E-state index in [0.717, 1.165) is 17.7 Å². The lowest BCUT2D eigenvalue weighted by Crippen LogP contribution is -2.23. The van der Waals surface area contributed by atoms with E-state index in [0.29, 0.717) is 19.8 Å². The average Bonchev–Trinajstić information content (AvgIpc) is 2.45. The number of benzene rings is 1. The van der Waals surface area contributed by atoms with Gasteiger partial charge >= 0.3 is 0 Å². The number of para-hydroxylation sites is 1. The Bertz CT molecular complexity index is 416. The molecule has 0 fully saturated rings. The van der Waals surface area contributed by atoms with Gasteiger partial charge in [0, 0.05) is 31.4 Å². The van der Waals surface area contributed by atoms with Crippen LogP contribution in [-0.2, 0) is 9.53 Å². The maximum Gasteiger partial charge on any atom is 0.244 e. The first-order valence-corrected chi connectivity index (χ1v) is 6.44. The highest BCUT2D eigenvalue weighted by atomic mass is 16.5. The van der Waals surface area contributed by atoms with Crippen LogP contribution in [0.5, 0.6) is 5.75 Å². The molecule has 1 aromatic carbocycles. The molecule has 0 aliphatic rings. The van der Waals surface area contributed by atoms with Crippen LogP contribution < -0.4 is 10.1 Å². The summed E-state index contributed by atoms with van der Waals surface area (Å²) < 4.78 is 10.4. The summed E-state index contributed by atoms with van der Waals surface area (Å²) in [4.78, 5) is 11.6. The highest BCUT2D eigenvalue weighted by molar-refractivity contribution is 5.92. The van der Waals surface area contributed by atoms with Gasteiger partial charge in [0.15, 0.2) is 0 Å². The number of carbonyl (C=O) groups is 1. The number of hydrogen-bond donors (Lipinski definition) is 1. The Morgan fingerprint density at radius 1 is 1.37 bits per heavy atom. The second-order valence-corrected chi connectivity index (χ2v) is 3.92. The van der Waals surface area contributed by atoms with Crippen molar-refractivity contribution in [2.24, 2.45) is 0 Å². The summed E-state index contributed by atoms with van der Waals surface area (Å²) in [5.41, 5.74) is 0.884. The molecule has 1 N–H and O–H groups in total. The molecule has 0 saturated carbocycles. The van der Waals surface area contributed by atoms with Crippen molar-refractivity contribution in [2.45, 2.75) is 13.3 Å². The van der Waals surface area contributed by atoms with Gasteiger partial charge in [0.25, 0.3) is 0 Å². The van der Waals surface area contributed by atoms with E-state index >= 15 is 0 Å². The normalized spacial score (nSPS) is 10.6. The van der Waals surface area contributed by atoms with Crippen molar-refractivity contribution in [1.29, 1.82) is 0 Å². The molecule has 0 bridgehead atoms. The summed E-state index contributed by atoms with van der Waals surface area (Å²) in [6, 6.07) is 7.56. The zero-order chi connectivity index (χ0) is 13.9. The second-order valence-electron chi connectivity index (χ2n) is 3.92. The van der Waals surface area contributed by atoms with E-state index in [1.165, 1.54) is 6.08 Å². The van der Waals surface area contributed by atoms with E-state index in [9.17, 15) is 4.79 Å². The van der Waals surface area contributed by atoms with Crippen LogP contribution in [0.4, 0.5) is 0 Å². The summed E-state index contributed by atoms with van der Waals surface area (Å²) >= 11 is 0. The maximum absolute atomic E-state index is 11.6. The molecule has 0 heterocycles. The van der Waals surface area contributed by atoms with Gasteiger partial charge in [-0.2, -0.15) is 0 Å². The summed E-state index contributed by atoms with van der Waals surface area (Å²) in [7, 11) is 1.61. The first-order valence-electron chi connectivity index (χ1n) is 6.44. The van der Waals surface area contributed by atoms with E-state index in [1.54, 1.807) is 13.2 Å². The first-order chi connectivity index (χ1) is 9.27. The molecular weight excluding hydrogens is 242 g/mol. The molecule has 0 atom stereocenters. The van der Waals surface area contributed by atoms with Crippen molar-refractivity contribution < 1.29 is 14.3 Å². The quantitative estimate of drug-likeness (QED) is 0.578. The number of nitrogens with one attached hydrogen (secondary N) is 1. The molecule has 4 nitrogen and oxygen atoms in total. The van der Waals surface area contributed by atoms with Crippen LogP contribution in [0.25, 0.3) is 6.08 Å². The van der Waals surface area contributed by atoms with E-state index in [4.69, 9.17) is 9.47 Å². The van der Waals surface area contributed by atoms with Gasteiger partial charge in [-0.05, 0) is 25.5 Å². The number of methoxy groups -OCH3 is 1. The third-order valence-electron chi connectivity index (χ3n) is 2.52. The number of carbonyl (C=O) groups excluding carboxylic acids is 1. The average molecular weight is 263 g/mol. The topological polar surface area (TPSA) is 47.6 Å². The highest BCUT2D eigenvalue weighted by Crippen LogP contribution is 2.18. The number of amides is 1. The van der Waals surface area contributed by atoms with Gasteiger partial charge in [-0.15, -0.1) is 0 Å². The molecule has 1 rings (SSSR count). The predicted molar refractivity (Wildman–Crippen MR) is 76.1 cm³/mol. The molecule has 0 aromatic heterocycles. The van der Waals surface area contributed by atoms with Crippen molar-refractivity contribution in [3.05, 3.63) is 35.9 Å². The van der Waals surface area contributed by atoms with Gasteiger partial charge in [0.05, 0.1) is 7.11 Å². The van der Waals surface area contributed by atoms with Crippen molar-refractivity contribution in [1.82, 2.24) is 5.32 Å². The third-order valence-corrected chi connectivity index (χ3v) is 2.52. The third kappa shape index (κ3) is 6.06. The zero-order valence-corrected chi connectivity index (χ0v) is 11.5. The fraction of sp³-hybridized carbons (Fsp3) is 0.400. The van der Waals surface area contributed by atoms with Crippen LogP contribution in [0.15, 0.2) is 30.3 Å². The second kappa shape index (κ2) is 9.16. The minimum atomic E-state index is -0.109. The highest BCUT2D eigenvalue weighted by Gasteiger charge is 1.99. The van der Waals surface area contributed by atoms with Crippen molar-refractivity contribution in [2.75, 3.05) is 26.9 Å². The van der Waals surface area contributed by atoms with Crippen molar-refractivity contribution in [3.8, 4) is 5.75 Å². The Morgan fingerprint density at radius 2 is 2.16 bits per heavy atom. The van der Waals surface area contributed by atoms with Crippen LogP contribution in [0.3, 0.4) is 0 Å². The smallest absolute Gasteiger partial charge is 0.244 e. The largest absolute Gasteiger partial charge is 0.496 e. The van der Waals surface area contributed by atoms with E-state index in [1.807, 2.05) is 31.2 Å². The molecule has 4 heteroatoms. The van der Waals surface area contributed by atoms with Gasteiger partial charge < -0.3 is 14.8 Å². The molecule has 1 aromatic rings. The summed E-state index contributed by atoms with van der Waals surface area (Å²) in [5.74, 6) is 0.644. The fourth-order valence-corrected chi connectivity index (χ4v) is 1.56. The minimum Gasteiger partial charge on any atom is -0.496 e. The molecule has 0 aliphatic heterocycles. The molecule has 0 saturated heterocycles. The molecule has 19 heavy (non-hydrogen) atoms. The summed E-state index contributed by atoms with van der Waals surface area (Å²) in [6.45, 7) is 3.96. The molecule has 1 amide bonds. The predicted octanol–water partition coefficient (Wildman–Crippen LogP) is 2.25. The minimum absolute atomic E-state index is 0.109. The van der Waals surface area contributed by atoms with Crippen LogP contribution >= 0.6 is 0 Å². The number of hydrogen-bond acceptors (Lipinski definition) is 3. The molecule has 0 unspecified atom stereocenters. The maximum atomic E-state index is 11.6. The monoisotopic (exact) mass is 263 g/mol. The van der Waals surface area contributed by atoms with Crippen LogP contribution in [0.2, 0.25) is 0 Å². The molecule has 104 valence electrons. The summed E-state index contributed by atoms with van der Waals surface area (Å²) in [6.07, 6.45) is 4.08. The van der Waals surface area contributed by atoms with Gasteiger partial charge in [0.2, 0.25) is 5.91 Å². The first kappa shape index (κ1) is 15.2. The fourth-order valence-electron chi connectivity index (χ4n) is 1.56. The van der Waals surface area contributed by atoms with E-state index < -0.39 is 0 Å². The van der Waals surface area contributed by atoms with Crippen molar-refractivity contribution in [3.63, 3.8) is 0 Å². The standard InChI is InChI=1S/C15H21NO3/c1-3-19-12-6-11-16-15(17)10-9-13-7-4-5-8-14(13)18-2/h4-5,7-10H,3,6,11-12H2,1-2H3,(H,16,17)/b10-9+. The van der Waals surface area contributed by atoms with Gasteiger partial charge in [-0.3, -0.25) is 4.79 Å². The number of rotatable bonds is 8. The lowest BCUT2D eigenvalue weighted by Gasteiger charge is -2.04. The molecule has 0 aliphatic carbocycles. The Morgan fingerprint density at radius 3 is 2.89 bits per heavy atom. The summed E-state index contributed by atoms with van der Waals surface area (Å²) in [5, 5.41) is 2.80. The lowest BCUT2D eigenvalue weighted by atomic mass is 10.2. The SMILES string of the molecule is CCOCCCNC(=O)/C=C/c1ccccc1OC. The van der Waals surface area contributed by atoms with Gasteiger partial charge in [-0.1, -0.05) is 18.2 Å². The Balaban J connectivity index is 2.37. The van der Waals surface area contributed by atoms with E-state index in [2.05, 4.69) is 5.32 Å².